The number of benzene rings is 1. The number of hydrogen-bond donors (Lipinski definition) is 2. The molecule has 2 unspecified atom stereocenters. The van der Waals surface area contributed by atoms with Crippen LogP contribution in [0.5, 0.6) is 11.5 Å². The van der Waals surface area contributed by atoms with Gasteiger partial charge in [-0.05, 0) is 50.1 Å². The predicted molar refractivity (Wildman–Crippen MR) is 115 cm³/mol. The lowest BCUT2D eigenvalue weighted by atomic mass is 9.54. The van der Waals surface area contributed by atoms with Crippen molar-refractivity contribution in [2.75, 3.05) is 26.7 Å². The van der Waals surface area contributed by atoms with Gasteiger partial charge >= 0.3 is 0 Å². The summed E-state index contributed by atoms with van der Waals surface area (Å²) in [5.41, 5.74) is -0.249. The summed E-state index contributed by atoms with van der Waals surface area (Å²) in [5, 5.41) is 38.9. The molecule has 0 saturated heterocycles. The molecular formula is C24H28N5O2+. The fourth-order valence-corrected chi connectivity index (χ4v) is 4.86. The summed E-state index contributed by atoms with van der Waals surface area (Å²) in [6, 6.07) is 11.9. The standard InChI is InChI=1S/C24H27N5O2/c1-5-29-9-8-17-18(11-25)23(28)24(13-26,14-27)22(19(17)12-29)16-6-7-20(31-15(2)3)21(10-16)30-4/h6-8,10,15,18-19,22,28H,5,9,12H2,1-4H3/p+1/t18?,19-,22+/m0/s1. The van der Waals surface area contributed by atoms with Crippen LogP contribution in [0.2, 0.25) is 0 Å². The topological polar surface area (TPSA) is 118 Å². The SMILES string of the molecule is CC[NH+]1CC=C2C(C#N)C(=N)C(C#N)(C#N)[C@H](c3ccc(OC(C)C)c(OC)c3)[C@H]2C1. The van der Waals surface area contributed by atoms with Gasteiger partial charge in [-0.2, -0.15) is 15.8 Å². The van der Waals surface area contributed by atoms with E-state index in [-0.39, 0.29) is 17.7 Å². The molecule has 0 bridgehead atoms. The summed E-state index contributed by atoms with van der Waals surface area (Å²) in [5.74, 6) is -0.504. The van der Waals surface area contributed by atoms with E-state index in [1.807, 2.05) is 32.1 Å². The van der Waals surface area contributed by atoms with Crippen molar-refractivity contribution in [2.45, 2.75) is 32.8 Å². The van der Waals surface area contributed by atoms with Crippen LogP contribution >= 0.6 is 0 Å². The molecule has 1 heterocycles. The van der Waals surface area contributed by atoms with Crippen LogP contribution in [-0.4, -0.2) is 38.6 Å². The molecule has 0 spiro atoms. The summed E-state index contributed by atoms with van der Waals surface area (Å²) < 4.78 is 11.4. The second-order valence-electron chi connectivity index (χ2n) is 8.38. The maximum Gasteiger partial charge on any atom is 0.189 e. The Morgan fingerprint density at radius 1 is 1.23 bits per heavy atom. The van der Waals surface area contributed by atoms with E-state index < -0.39 is 17.3 Å². The third kappa shape index (κ3) is 3.65. The summed E-state index contributed by atoms with van der Waals surface area (Å²) in [6.45, 7) is 8.33. The molecule has 1 aliphatic carbocycles. The van der Waals surface area contributed by atoms with Gasteiger partial charge in [-0.1, -0.05) is 6.07 Å². The van der Waals surface area contributed by atoms with Crippen molar-refractivity contribution in [1.82, 2.24) is 0 Å². The first-order valence-corrected chi connectivity index (χ1v) is 10.6. The number of nitrogens with zero attached hydrogens (tertiary/aromatic N) is 3. The van der Waals surface area contributed by atoms with Crippen LogP contribution in [0.3, 0.4) is 0 Å². The summed E-state index contributed by atoms with van der Waals surface area (Å²) in [7, 11) is 1.55. The van der Waals surface area contributed by atoms with Gasteiger partial charge in [0, 0.05) is 11.8 Å². The van der Waals surface area contributed by atoms with E-state index >= 15 is 0 Å². The zero-order chi connectivity index (χ0) is 22.8. The third-order valence-corrected chi connectivity index (χ3v) is 6.37. The predicted octanol–water partition coefficient (Wildman–Crippen LogP) is 2.23. The van der Waals surface area contributed by atoms with Gasteiger partial charge in [-0.25, -0.2) is 0 Å². The fourth-order valence-electron chi connectivity index (χ4n) is 4.86. The van der Waals surface area contributed by atoms with Crippen molar-refractivity contribution in [3.8, 4) is 29.7 Å². The molecule has 2 N–H and O–H groups in total. The Morgan fingerprint density at radius 3 is 2.48 bits per heavy atom. The highest BCUT2D eigenvalue weighted by Gasteiger charge is 2.58. The minimum atomic E-state index is -1.72. The Labute approximate surface area is 183 Å². The molecule has 7 nitrogen and oxygen atoms in total. The minimum absolute atomic E-state index is 0.0362. The lowest BCUT2D eigenvalue weighted by molar-refractivity contribution is -0.897. The molecule has 31 heavy (non-hydrogen) atoms. The fraction of sp³-hybridized carbons (Fsp3) is 0.500. The first-order chi connectivity index (χ1) is 14.9. The van der Waals surface area contributed by atoms with Crippen molar-refractivity contribution < 1.29 is 14.4 Å². The molecule has 1 fully saturated rings. The number of likely N-dealkylation sites (N-methyl/N-ethyl adjacent to an activating group) is 1. The Morgan fingerprint density at radius 2 is 1.94 bits per heavy atom. The van der Waals surface area contributed by atoms with Gasteiger partial charge in [0.15, 0.2) is 16.9 Å². The van der Waals surface area contributed by atoms with Gasteiger partial charge < -0.3 is 19.8 Å². The number of rotatable bonds is 5. The van der Waals surface area contributed by atoms with Crippen molar-refractivity contribution in [2.24, 2.45) is 17.3 Å². The summed E-state index contributed by atoms with van der Waals surface area (Å²) in [4.78, 5) is 1.32. The largest absolute Gasteiger partial charge is 0.493 e. The maximum atomic E-state index is 10.2. The van der Waals surface area contributed by atoms with Crippen molar-refractivity contribution in [3.63, 3.8) is 0 Å². The quantitative estimate of drug-likeness (QED) is 0.711. The lowest BCUT2D eigenvalue weighted by Gasteiger charge is -2.46. The van der Waals surface area contributed by atoms with E-state index in [0.717, 1.165) is 24.2 Å². The van der Waals surface area contributed by atoms with Gasteiger partial charge in [0.1, 0.15) is 5.92 Å². The first kappa shape index (κ1) is 22.3. The molecule has 0 aromatic heterocycles. The molecule has 0 amide bonds. The number of methoxy groups -OCH3 is 1. The molecule has 0 radical (unpaired) electrons. The molecule has 7 heteroatoms. The van der Waals surface area contributed by atoms with Crippen molar-refractivity contribution in [1.29, 1.82) is 21.2 Å². The first-order valence-electron chi connectivity index (χ1n) is 10.6. The maximum absolute atomic E-state index is 10.2. The van der Waals surface area contributed by atoms with Crippen LogP contribution in [-0.2, 0) is 0 Å². The van der Waals surface area contributed by atoms with E-state index in [2.05, 4.69) is 25.1 Å². The van der Waals surface area contributed by atoms with Gasteiger partial charge in [0.25, 0.3) is 0 Å². The number of nitrogens with one attached hydrogen (secondary N) is 2. The second kappa shape index (κ2) is 8.80. The van der Waals surface area contributed by atoms with E-state index in [1.165, 1.54) is 4.90 Å². The van der Waals surface area contributed by atoms with Crippen LogP contribution in [0.1, 0.15) is 32.3 Å². The molecular weight excluding hydrogens is 390 g/mol. The lowest BCUT2D eigenvalue weighted by Crippen LogP contribution is -3.13. The van der Waals surface area contributed by atoms with Crippen LogP contribution in [0.15, 0.2) is 29.8 Å². The molecule has 4 atom stereocenters. The smallest absolute Gasteiger partial charge is 0.189 e. The average molecular weight is 419 g/mol. The van der Waals surface area contributed by atoms with E-state index in [9.17, 15) is 15.8 Å². The van der Waals surface area contributed by atoms with Crippen molar-refractivity contribution in [3.05, 3.63) is 35.4 Å². The number of fused-ring (bicyclic) bond motifs is 1. The van der Waals surface area contributed by atoms with Gasteiger partial charge in [-0.3, -0.25) is 0 Å². The van der Waals surface area contributed by atoms with E-state index in [4.69, 9.17) is 14.9 Å². The zero-order valence-electron chi connectivity index (χ0n) is 18.4. The Bertz CT molecular complexity index is 1010. The third-order valence-electron chi connectivity index (χ3n) is 6.37. The van der Waals surface area contributed by atoms with Crippen molar-refractivity contribution >= 4 is 5.71 Å². The second-order valence-corrected chi connectivity index (χ2v) is 8.38. The highest BCUT2D eigenvalue weighted by Crippen LogP contribution is 2.53. The van der Waals surface area contributed by atoms with E-state index in [0.29, 0.717) is 18.0 Å². The normalized spacial score (nSPS) is 26.6. The zero-order valence-corrected chi connectivity index (χ0v) is 18.4. The Kier molecular flexibility index (Phi) is 6.34. The van der Waals surface area contributed by atoms with Gasteiger partial charge in [-0.15, -0.1) is 0 Å². The molecule has 1 saturated carbocycles. The Hall–Kier alpha value is -3.34. The van der Waals surface area contributed by atoms with Gasteiger partial charge in [0.05, 0.1) is 56.8 Å². The highest BCUT2D eigenvalue weighted by molar-refractivity contribution is 6.00. The molecule has 1 aromatic rings. The molecule has 1 aliphatic heterocycles. The van der Waals surface area contributed by atoms with Crippen LogP contribution in [0.4, 0.5) is 0 Å². The summed E-state index contributed by atoms with van der Waals surface area (Å²) >= 11 is 0. The van der Waals surface area contributed by atoms with E-state index in [1.54, 1.807) is 13.2 Å². The molecule has 3 rings (SSSR count). The minimum Gasteiger partial charge on any atom is -0.493 e. The number of quaternary nitrogens is 1. The number of nitriles is 3. The molecule has 2 aliphatic rings. The van der Waals surface area contributed by atoms with Crippen LogP contribution < -0.4 is 14.4 Å². The number of ether oxygens (including phenoxy) is 2. The average Bonchev–Trinajstić information content (AvgIpc) is 2.78. The molecule has 1 aromatic carbocycles. The Balaban J connectivity index is 2.22. The van der Waals surface area contributed by atoms with Crippen LogP contribution in [0, 0.1) is 56.7 Å². The monoisotopic (exact) mass is 418 g/mol. The number of hydrogen-bond acceptors (Lipinski definition) is 6. The summed E-state index contributed by atoms with van der Waals surface area (Å²) in [6.07, 6.45) is 2.00. The molecule has 160 valence electrons. The highest BCUT2D eigenvalue weighted by atomic mass is 16.5. The van der Waals surface area contributed by atoms with Gasteiger partial charge in [0.2, 0.25) is 0 Å². The van der Waals surface area contributed by atoms with Crippen LogP contribution in [0.25, 0.3) is 0 Å².